The molecule has 0 aromatic rings. The molecule has 19 heavy (non-hydrogen) atoms. The molecule has 0 radical (unpaired) electrons. The van der Waals surface area contributed by atoms with Crippen LogP contribution < -0.4 is 16.0 Å². The summed E-state index contributed by atoms with van der Waals surface area (Å²) in [6, 6.07) is -0.238. The summed E-state index contributed by atoms with van der Waals surface area (Å²) in [6.07, 6.45) is 3.98. The van der Waals surface area contributed by atoms with Crippen LogP contribution in [0.25, 0.3) is 0 Å². The molecular formula is C13H23N3O3. The molecule has 1 saturated carbocycles. The number of amides is 2. The molecular weight excluding hydrogens is 246 g/mol. The molecule has 1 unspecified atom stereocenters. The van der Waals surface area contributed by atoms with Crippen molar-refractivity contribution in [2.75, 3.05) is 32.8 Å². The van der Waals surface area contributed by atoms with Gasteiger partial charge < -0.3 is 20.7 Å². The molecule has 0 bridgehead atoms. The van der Waals surface area contributed by atoms with E-state index in [4.69, 9.17) is 4.74 Å². The lowest BCUT2D eigenvalue weighted by atomic mass is 9.85. The fourth-order valence-electron chi connectivity index (χ4n) is 2.18. The van der Waals surface area contributed by atoms with Crippen molar-refractivity contribution in [2.24, 2.45) is 5.92 Å². The molecule has 3 N–H and O–H groups in total. The van der Waals surface area contributed by atoms with Crippen molar-refractivity contribution >= 4 is 11.8 Å². The number of ether oxygens (including phenoxy) is 1. The van der Waals surface area contributed by atoms with E-state index < -0.39 is 0 Å². The smallest absolute Gasteiger partial charge is 0.239 e. The van der Waals surface area contributed by atoms with Crippen molar-refractivity contribution in [1.82, 2.24) is 16.0 Å². The van der Waals surface area contributed by atoms with Gasteiger partial charge in [0, 0.05) is 25.6 Å². The van der Waals surface area contributed by atoms with Gasteiger partial charge in [0.1, 0.15) is 6.04 Å². The third kappa shape index (κ3) is 4.47. The van der Waals surface area contributed by atoms with Crippen LogP contribution in [0.2, 0.25) is 0 Å². The summed E-state index contributed by atoms with van der Waals surface area (Å²) in [5.41, 5.74) is 0. The SMILES string of the molecule is O=C(NCCCNC(=O)C1COCCN1)C1CCC1. The fraction of sp³-hybridized carbons (Fsp3) is 0.846. The van der Waals surface area contributed by atoms with Crippen molar-refractivity contribution in [3.8, 4) is 0 Å². The molecule has 1 aliphatic heterocycles. The first-order chi connectivity index (χ1) is 9.27. The van der Waals surface area contributed by atoms with Crippen molar-refractivity contribution in [3.05, 3.63) is 0 Å². The Morgan fingerprint density at radius 3 is 2.47 bits per heavy atom. The molecule has 2 rings (SSSR count). The lowest BCUT2D eigenvalue weighted by Crippen LogP contribution is -2.51. The Kier molecular flexibility index (Phi) is 5.60. The Labute approximate surface area is 113 Å². The van der Waals surface area contributed by atoms with Gasteiger partial charge in [-0.3, -0.25) is 9.59 Å². The maximum Gasteiger partial charge on any atom is 0.239 e. The summed E-state index contributed by atoms with van der Waals surface area (Å²) in [6.45, 7) is 3.03. The number of hydrogen-bond donors (Lipinski definition) is 3. The number of rotatable bonds is 6. The van der Waals surface area contributed by atoms with Crippen LogP contribution in [0.1, 0.15) is 25.7 Å². The Bertz CT molecular complexity index is 312. The van der Waals surface area contributed by atoms with Crippen LogP contribution in [0, 0.1) is 5.92 Å². The average molecular weight is 269 g/mol. The fourth-order valence-corrected chi connectivity index (χ4v) is 2.18. The Morgan fingerprint density at radius 2 is 1.89 bits per heavy atom. The van der Waals surface area contributed by atoms with Crippen LogP contribution in [0.3, 0.4) is 0 Å². The lowest BCUT2D eigenvalue weighted by molar-refractivity contribution is -0.127. The number of carbonyl (C=O) groups is 2. The normalized spacial score (nSPS) is 23.5. The third-order valence-corrected chi connectivity index (χ3v) is 3.67. The van der Waals surface area contributed by atoms with Crippen molar-refractivity contribution < 1.29 is 14.3 Å². The van der Waals surface area contributed by atoms with E-state index >= 15 is 0 Å². The highest BCUT2D eigenvalue weighted by molar-refractivity contribution is 5.82. The second-order valence-electron chi connectivity index (χ2n) is 5.15. The highest BCUT2D eigenvalue weighted by Crippen LogP contribution is 2.25. The lowest BCUT2D eigenvalue weighted by Gasteiger charge is -2.24. The van der Waals surface area contributed by atoms with Gasteiger partial charge in [-0.1, -0.05) is 6.42 Å². The number of morpholine rings is 1. The van der Waals surface area contributed by atoms with E-state index in [2.05, 4.69) is 16.0 Å². The van der Waals surface area contributed by atoms with Gasteiger partial charge in [0.25, 0.3) is 0 Å². The molecule has 6 nitrogen and oxygen atoms in total. The largest absolute Gasteiger partial charge is 0.378 e. The monoisotopic (exact) mass is 269 g/mol. The Hall–Kier alpha value is -1.14. The zero-order valence-corrected chi connectivity index (χ0v) is 11.2. The highest BCUT2D eigenvalue weighted by atomic mass is 16.5. The van der Waals surface area contributed by atoms with Gasteiger partial charge in [0.2, 0.25) is 11.8 Å². The van der Waals surface area contributed by atoms with E-state index in [1.807, 2.05) is 0 Å². The quantitative estimate of drug-likeness (QED) is 0.562. The summed E-state index contributed by atoms with van der Waals surface area (Å²) >= 11 is 0. The van der Waals surface area contributed by atoms with Crippen LogP contribution in [0.5, 0.6) is 0 Å². The Balaban J connectivity index is 1.49. The first-order valence-electron chi connectivity index (χ1n) is 7.14. The number of hydrogen-bond acceptors (Lipinski definition) is 4. The first kappa shape index (κ1) is 14.3. The second kappa shape index (κ2) is 7.45. The van der Waals surface area contributed by atoms with Crippen molar-refractivity contribution in [2.45, 2.75) is 31.7 Å². The van der Waals surface area contributed by atoms with Crippen LogP contribution in [-0.2, 0) is 14.3 Å². The minimum absolute atomic E-state index is 0.0231. The van der Waals surface area contributed by atoms with Gasteiger partial charge in [-0.05, 0) is 19.3 Å². The number of nitrogens with one attached hydrogen (secondary N) is 3. The zero-order chi connectivity index (χ0) is 13.5. The maximum absolute atomic E-state index is 11.7. The van der Waals surface area contributed by atoms with Gasteiger partial charge >= 0.3 is 0 Å². The van der Waals surface area contributed by atoms with E-state index in [1.165, 1.54) is 6.42 Å². The van der Waals surface area contributed by atoms with Gasteiger partial charge in [0.05, 0.1) is 13.2 Å². The zero-order valence-electron chi connectivity index (χ0n) is 11.2. The Morgan fingerprint density at radius 1 is 1.16 bits per heavy atom. The molecule has 1 heterocycles. The summed E-state index contributed by atoms with van der Waals surface area (Å²) in [7, 11) is 0. The maximum atomic E-state index is 11.7. The molecule has 2 amide bonds. The van der Waals surface area contributed by atoms with Gasteiger partial charge in [0.15, 0.2) is 0 Å². The molecule has 0 spiro atoms. The average Bonchev–Trinajstić information content (AvgIpc) is 2.37. The third-order valence-electron chi connectivity index (χ3n) is 3.67. The topological polar surface area (TPSA) is 79.5 Å². The minimum atomic E-state index is -0.238. The van der Waals surface area contributed by atoms with Crippen LogP contribution in [-0.4, -0.2) is 50.7 Å². The van der Waals surface area contributed by atoms with Gasteiger partial charge in [-0.25, -0.2) is 0 Å². The molecule has 2 aliphatic rings. The summed E-state index contributed by atoms with van der Waals surface area (Å²) < 4.78 is 5.23. The molecule has 0 aromatic heterocycles. The first-order valence-corrected chi connectivity index (χ1v) is 7.14. The van der Waals surface area contributed by atoms with Crippen LogP contribution in [0.15, 0.2) is 0 Å². The number of carbonyl (C=O) groups excluding carboxylic acids is 2. The predicted molar refractivity (Wildman–Crippen MR) is 70.6 cm³/mol. The molecule has 6 heteroatoms. The van der Waals surface area contributed by atoms with E-state index in [0.717, 1.165) is 25.8 Å². The highest BCUT2D eigenvalue weighted by Gasteiger charge is 2.24. The van der Waals surface area contributed by atoms with Crippen LogP contribution >= 0.6 is 0 Å². The molecule has 1 saturated heterocycles. The molecule has 0 aromatic carbocycles. The van der Waals surface area contributed by atoms with Gasteiger partial charge in [-0.2, -0.15) is 0 Å². The van der Waals surface area contributed by atoms with E-state index in [0.29, 0.717) is 26.3 Å². The van der Waals surface area contributed by atoms with E-state index in [9.17, 15) is 9.59 Å². The second-order valence-corrected chi connectivity index (χ2v) is 5.15. The summed E-state index contributed by atoms with van der Waals surface area (Å²) in [5, 5.41) is 8.86. The van der Waals surface area contributed by atoms with Crippen molar-refractivity contribution in [3.63, 3.8) is 0 Å². The molecule has 2 fully saturated rings. The molecule has 1 atom stereocenters. The molecule has 108 valence electrons. The van der Waals surface area contributed by atoms with Crippen molar-refractivity contribution in [1.29, 1.82) is 0 Å². The summed E-state index contributed by atoms with van der Waals surface area (Å²) in [4.78, 5) is 23.3. The predicted octanol–water partition coefficient (Wildman–Crippen LogP) is -0.603. The standard InChI is InChI=1S/C13H23N3O3/c17-12(10-3-1-4-10)15-5-2-6-16-13(18)11-9-19-8-7-14-11/h10-11,14H,1-9H2,(H,15,17)(H,16,18). The summed E-state index contributed by atoms with van der Waals surface area (Å²) in [5.74, 6) is 0.378. The minimum Gasteiger partial charge on any atom is -0.378 e. The molecule has 1 aliphatic carbocycles. The van der Waals surface area contributed by atoms with E-state index in [1.54, 1.807) is 0 Å². The van der Waals surface area contributed by atoms with E-state index in [-0.39, 0.29) is 23.8 Å². The van der Waals surface area contributed by atoms with Gasteiger partial charge in [-0.15, -0.1) is 0 Å². The van der Waals surface area contributed by atoms with Crippen LogP contribution in [0.4, 0.5) is 0 Å².